The molecule has 32 heavy (non-hydrogen) atoms. The predicted molar refractivity (Wildman–Crippen MR) is 116 cm³/mol. The summed E-state index contributed by atoms with van der Waals surface area (Å²) in [5, 5.41) is 12.4. The number of halogens is 5. The second-order valence-corrected chi connectivity index (χ2v) is 9.32. The number of carboxylic acid groups (broad SMARTS) is 1. The van der Waals surface area contributed by atoms with E-state index < -0.39 is 21.1 Å². The number of hydrogen-bond donors (Lipinski definition) is 2. The van der Waals surface area contributed by atoms with Crippen LogP contribution in [0.2, 0.25) is 0 Å². The number of hydrogen-bond acceptors (Lipinski definition) is 4. The van der Waals surface area contributed by atoms with Crippen LogP contribution in [0.4, 0.5) is 42.2 Å². The van der Waals surface area contributed by atoms with Crippen molar-refractivity contribution in [1.29, 1.82) is 0 Å². The van der Waals surface area contributed by atoms with Gasteiger partial charge in [-0.25, -0.2) is 4.79 Å². The third kappa shape index (κ3) is 5.22. The molecule has 3 rings (SSSR count). The number of nitrogens with zero attached hydrogens (tertiary/aromatic N) is 1. The molecule has 0 bridgehead atoms. The Labute approximate surface area is 180 Å². The van der Waals surface area contributed by atoms with E-state index in [0.29, 0.717) is 34.9 Å². The summed E-state index contributed by atoms with van der Waals surface area (Å²) < 4.78 is 69.4. The SMILES string of the molecule is COc1ccc(Nc2ccc(N(C)c3ccc(S(F)(F)(F)(F)F)cc3)cc2)c(C(=O)O)c1. The first-order chi connectivity index (χ1) is 14.7. The summed E-state index contributed by atoms with van der Waals surface area (Å²) in [6.07, 6.45) is 0. The number of nitrogens with one attached hydrogen (secondary N) is 1. The number of anilines is 4. The Morgan fingerprint density at radius 1 is 0.906 bits per heavy atom. The molecule has 3 aromatic carbocycles. The third-order valence-corrected chi connectivity index (χ3v) is 5.82. The third-order valence-electron chi connectivity index (χ3n) is 4.66. The second kappa shape index (κ2) is 7.30. The highest BCUT2D eigenvalue weighted by molar-refractivity contribution is 8.45. The zero-order valence-corrected chi connectivity index (χ0v) is 17.7. The van der Waals surface area contributed by atoms with Gasteiger partial charge in [0.25, 0.3) is 0 Å². The van der Waals surface area contributed by atoms with Gasteiger partial charge in [0.15, 0.2) is 0 Å². The molecule has 2 N–H and O–H groups in total. The Kier molecular flexibility index (Phi) is 5.29. The minimum Gasteiger partial charge on any atom is -0.497 e. The van der Waals surface area contributed by atoms with Crippen molar-refractivity contribution in [3.8, 4) is 5.75 Å². The number of ether oxygens (including phenoxy) is 1. The summed E-state index contributed by atoms with van der Waals surface area (Å²) in [4.78, 5) is 11.1. The number of carboxylic acids is 1. The van der Waals surface area contributed by atoms with E-state index >= 15 is 0 Å². The van der Waals surface area contributed by atoms with Crippen LogP contribution in [-0.2, 0) is 0 Å². The topological polar surface area (TPSA) is 61.8 Å². The van der Waals surface area contributed by atoms with Crippen LogP contribution < -0.4 is 15.0 Å². The van der Waals surface area contributed by atoms with Crippen molar-refractivity contribution in [3.63, 3.8) is 0 Å². The molecule has 3 aromatic rings. The molecular weight excluding hydrogens is 455 g/mol. The number of methoxy groups -OCH3 is 1. The molecule has 11 heteroatoms. The summed E-state index contributed by atoms with van der Waals surface area (Å²) in [5.41, 5.74) is 1.76. The fourth-order valence-electron chi connectivity index (χ4n) is 2.94. The zero-order valence-electron chi connectivity index (χ0n) is 16.9. The molecule has 0 aliphatic carbocycles. The molecule has 0 spiro atoms. The Morgan fingerprint density at radius 3 is 1.91 bits per heavy atom. The van der Waals surface area contributed by atoms with Crippen LogP contribution in [0.25, 0.3) is 0 Å². The molecule has 0 atom stereocenters. The summed E-state index contributed by atoms with van der Waals surface area (Å²) >= 11 is 0. The zero-order chi connectivity index (χ0) is 23.8. The van der Waals surface area contributed by atoms with Crippen LogP contribution in [0.5, 0.6) is 5.75 Å². The van der Waals surface area contributed by atoms with Gasteiger partial charge in [-0.05, 0) is 66.7 Å². The van der Waals surface area contributed by atoms with Crippen molar-refractivity contribution in [2.45, 2.75) is 4.90 Å². The van der Waals surface area contributed by atoms with E-state index in [0.717, 1.165) is 12.1 Å². The average molecular weight is 474 g/mol. The number of benzene rings is 3. The van der Waals surface area contributed by atoms with E-state index in [4.69, 9.17) is 4.74 Å². The molecule has 0 radical (unpaired) electrons. The Bertz CT molecular complexity index is 1150. The van der Waals surface area contributed by atoms with Crippen molar-refractivity contribution in [3.05, 3.63) is 72.3 Å². The maximum Gasteiger partial charge on any atom is 0.337 e. The summed E-state index contributed by atoms with van der Waals surface area (Å²) in [6.45, 7) is 0. The minimum atomic E-state index is -9.72. The van der Waals surface area contributed by atoms with E-state index in [1.54, 1.807) is 43.4 Å². The lowest BCUT2D eigenvalue weighted by Crippen LogP contribution is -2.11. The van der Waals surface area contributed by atoms with Crippen molar-refractivity contribution >= 4 is 38.9 Å². The van der Waals surface area contributed by atoms with E-state index in [-0.39, 0.29) is 11.3 Å². The molecule has 0 saturated carbocycles. The van der Waals surface area contributed by atoms with Crippen LogP contribution in [0.15, 0.2) is 71.6 Å². The van der Waals surface area contributed by atoms with Gasteiger partial charge in [0.2, 0.25) is 0 Å². The van der Waals surface area contributed by atoms with E-state index in [1.807, 2.05) is 0 Å². The van der Waals surface area contributed by atoms with Gasteiger partial charge in [0, 0.05) is 24.1 Å². The van der Waals surface area contributed by atoms with Gasteiger partial charge < -0.3 is 20.1 Å². The smallest absolute Gasteiger partial charge is 0.337 e. The fraction of sp³-hybridized carbons (Fsp3) is 0.0952. The minimum absolute atomic E-state index is 0.00888. The normalized spacial score (nSPS) is 13.6. The lowest BCUT2D eigenvalue weighted by atomic mass is 10.1. The van der Waals surface area contributed by atoms with Crippen molar-refractivity contribution in [2.75, 3.05) is 24.4 Å². The number of aromatic carboxylic acids is 1. The first-order valence-corrected chi connectivity index (χ1v) is 11.0. The maximum absolute atomic E-state index is 12.9. The van der Waals surface area contributed by atoms with Gasteiger partial charge in [-0.2, -0.15) is 0 Å². The fourth-order valence-corrected chi connectivity index (χ4v) is 3.59. The highest BCUT2D eigenvalue weighted by atomic mass is 32.5. The summed E-state index contributed by atoms with van der Waals surface area (Å²) in [7, 11) is -6.72. The van der Waals surface area contributed by atoms with E-state index in [1.165, 1.54) is 18.1 Å². The molecule has 0 fully saturated rings. The van der Waals surface area contributed by atoms with Crippen LogP contribution in [0.1, 0.15) is 10.4 Å². The van der Waals surface area contributed by atoms with Gasteiger partial charge in [-0.3, -0.25) is 0 Å². The molecule has 0 amide bonds. The molecule has 0 aliphatic rings. The van der Waals surface area contributed by atoms with Gasteiger partial charge in [0.05, 0.1) is 18.4 Å². The molecule has 0 saturated heterocycles. The summed E-state index contributed by atoms with van der Waals surface area (Å²) in [6, 6.07) is 13.8. The molecule has 0 heterocycles. The van der Waals surface area contributed by atoms with E-state index in [9.17, 15) is 29.3 Å². The second-order valence-electron chi connectivity index (χ2n) is 6.91. The van der Waals surface area contributed by atoms with E-state index in [2.05, 4.69) is 5.32 Å². The van der Waals surface area contributed by atoms with Crippen molar-refractivity contribution in [1.82, 2.24) is 0 Å². The molecule has 0 unspecified atom stereocenters. The maximum atomic E-state index is 12.9. The van der Waals surface area contributed by atoms with Crippen molar-refractivity contribution < 1.29 is 34.1 Å². The molecule has 0 aliphatic heterocycles. The Balaban J connectivity index is 1.80. The molecule has 172 valence electrons. The average Bonchev–Trinajstić information content (AvgIpc) is 2.72. The predicted octanol–water partition coefficient (Wildman–Crippen LogP) is 7.56. The van der Waals surface area contributed by atoms with Crippen LogP contribution in [-0.4, -0.2) is 25.2 Å². The molecular formula is C21H19F5N2O3S. The Morgan fingerprint density at radius 2 is 1.44 bits per heavy atom. The van der Waals surface area contributed by atoms with Gasteiger partial charge in [-0.15, -0.1) is 0 Å². The molecule has 0 aromatic heterocycles. The highest BCUT2D eigenvalue weighted by Crippen LogP contribution is 3.02. The van der Waals surface area contributed by atoms with Crippen LogP contribution in [0.3, 0.4) is 0 Å². The highest BCUT2D eigenvalue weighted by Gasteiger charge is 2.65. The van der Waals surface area contributed by atoms with Gasteiger partial charge in [-0.1, -0.05) is 19.4 Å². The van der Waals surface area contributed by atoms with Crippen LogP contribution in [0, 0.1) is 0 Å². The van der Waals surface area contributed by atoms with Gasteiger partial charge in [0.1, 0.15) is 10.6 Å². The number of rotatable bonds is 7. The molecule has 5 nitrogen and oxygen atoms in total. The largest absolute Gasteiger partial charge is 0.497 e. The lowest BCUT2D eigenvalue weighted by molar-refractivity contribution is 0.0697. The van der Waals surface area contributed by atoms with Gasteiger partial charge >= 0.3 is 16.2 Å². The number of carbonyl (C=O) groups is 1. The first kappa shape index (κ1) is 23.2. The monoisotopic (exact) mass is 474 g/mol. The Hall–Kier alpha value is -3.47. The first-order valence-electron chi connectivity index (χ1n) is 9.04. The van der Waals surface area contributed by atoms with Crippen molar-refractivity contribution in [2.24, 2.45) is 0 Å². The quantitative estimate of drug-likeness (QED) is 0.346. The summed E-state index contributed by atoms with van der Waals surface area (Å²) in [5.74, 6) is -0.751. The lowest BCUT2D eigenvalue weighted by Gasteiger charge is -2.40. The standard InChI is InChI=1S/C21H19F5N2O3S/c1-28(16-7-10-18(11-8-16)32(22,23,24,25)26)15-5-3-14(4-6-15)27-20-12-9-17(31-2)13-19(20)21(29)30/h3-13,27H,1-2H3,(H,29,30). The van der Waals surface area contributed by atoms with Crippen LogP contribution >= 0.6 is 10.2 Å².